The Hall–Kier alpha value is -2.30. The number of terminal acetylenes is 1. The van der Waals surface area contributed by atoms with Crippen LogP contribution in [-0.2, 0) is 5.41 Å². The molecule has 3 rings (SSSR count). The monoisotopic (exact) mass is 274 g/mol. The molecule has 2 aromatic rings. The van der Waals surface area contributed by atoms with Gasteiger partial charge in [0, 0.05) is 11.8 Å². The van der Waals surface area contributed by atoms with Gasteiger partial charge in [-0.2, -0.15) is 0 Å². The van der Waals surface area contributed by atoms with Crippen molar-refractivity contribution in [2.24, 2.45) is 0 Å². The number of fused-ring (bicyclic) bond motifs is 3. The second-order valence-electron chi connectivity index (χ2n) is 5.41. The van der Waals surface area contributed by atoms with Gasteiger partial charge in [-0.05, 0) is 28.7 Å². The van der Waals surface area contributed by atoms with E-state index in [0.29, 0.717) is 6.42 Å². The molecule has 0 amide bonds. The lowest BCUT2D eigenvalue weighted by atomic mass is 9.73. The van der Waals surface area contributed by atoms with Gasteiger partial charge in [-0.3, -0.25) is 0 Å². The summed E-state index contributed by atoms with van der Waals surface area (Å²) in [6.07, 6.45) is 11.0. The molecule has 0 bridgehead atoms. The molecule has 0 saturated heterocycles. The highest BCUT2D eigenvalue weighted by Gasteiger charge is 2.41. The maximum absolute atomic E-state index is 9.02. The van der Waals surface area contributed by atoms with Crippen molar-refractivity contribution in [3.8, 4) is 23.5 Å². The molecule has 0 aliphatic heterocycles. The molecule has 1 nitrogen and oxygen atoms in total. The summed E-state index contributed by atoms with van der Waals surface area (Å²) in [5.41, 5.74) is 4.98. The first-order valence-corrected chi connectivity index (χ1v) is 7.22. The first-order valence-electron chi connectivity index (χ1n) is 7.22. The Morgan fingerprint density at radius 2 is 1.52 bits per heavy atom. The number of benzene rings is 2. The van der Waals surface area contributed by atoms with Crippen LogP contribution >= 0.6 is 0 Å². The van der Waals surface area contributed by atoms with Crippen LogP contribution in [0.5, 0.6) is 0 Å². The fraction of sp³-hybridized carbons (Fsp3) is 0.200. The van der Waals surface area contributed by atoms with E-state index in [4.69, 9.17) is 11.5 Å². The summed E-state index contributed by atoms with van der Waals surface area (Å²) in [6.45, 7) is 0.0649. The minimum Gasteiger partial charge on any atom is -0.392 e. The highest BCUT2D eigenvalue weighted by atomic mass is 16.2. The van der Waals surface area contributed by atoms with Crippen LogP contribution < -0.4 is 0 Å². The summed E-state index contributed by atoms with van der Waals surface area (Å²) in [5, 5.41) is 9.02. The summed E-state index contributed by atoms with van der Waals surface area (Å²) in [4.78, 5) is 0. The maximum atomic E-state index is 9.02. The van der Waals surface area contributed by atoms with E-state index in [2.05, 4.69) is 54.5 Å². The average molecular weight is 274 g/mol. The summed E-state index contributed by atoms with van der Waals surface area (Å²) in [7, 11) is 0. The molecule has 0 heterocycles. The lowest BCUT2D eigenvalue weighted by Gasteiger charge is -2.29. The third kappa shape index (κ3) is 2.09. The van der Waals surface area contributed by atoms with E-state index in [0.717, 1.165) is 6.42 Å². The van der Waals surface area contributed by atoms with Gasteiger partial charge in [0.05, 0.1) is 6.61 Å². The molecule has 1 aliphatic carbocycles. The molecule has 0 spiro atoms. The van der Waals surface area contributed by atoms with Crippen LogP contribution in [0.15, 0.2) is 60.7 Å². The van der Waals surface area contributed by atoms with Gasteiger partial charge in [0.25, 0.3) is 0 Å². The van der Waals surface area contributed by atoms with Gasteiger partial charge < -0.3 is 5.11 Å². The second-order valence-corrected chi connectivity index (χ2v) is 5.41. The van der Waals surface area contributed by atoms with E-state index in [9.17, 15) is 0 Å². The molecule has 0 fully saturated rings. The van der Waals surface area contributed by atoms with E-state index < -0.39 is 0 Å². The van der Waals surface area contributed by atoms with Crippen LogP contribution in [0.25, 0.3) is 11.1 Å². The standard InChI is InChI=1S/C20H18O/c1-2-13-20(14-7-8-15-21)18-11-5-3-9-16(18)17-10-4-6-12-19(17)20/h1,3-12,21H,13-15H2/b8-7-. The number of aliphatic hydroxyl groups excluding tert-OH is 1. The topological polar surface area (TPSA) is 20.2 Å². The molecular formula is C20H18O. The van der Waals surface area contributed by atoms with Gasteiger partial charge in [0.1, 0.15) is 0 Å². The smallest absolute Gasteiger partial charge is 0.0612 e. The van der Waals surface area contributed by atoms with Crippen molar-refractivity contribution in [1.82, 2.24) is 0 Å². The van der Waals surface area contributed by atoms with Gasteiger partial charge in [-0.25, -0.2) is 0 Å². The molecule has 21 heavy (non-hydrogen) atoms. The van der Waals surface area contributed by atoms with Crippen molar-refractivity contribution in [2.75, 3.05) is 6.61 Å². The second kappa shape index (κ2) is 5.60. The Balaban J connectivity index is 2.23. The summed E-state index contributed by atoms with van der Waals surface area (Å²) in [6, 6.07) is 17.0. The number of rotatable bonds is 4. The minimum atomic E-state index is -0.173. The molecule has 0 aromatic heterocycles. The highest BCUT2D eigenvalue weighted by Crippen LogP contribution is 2.52. The first-order chi connectivity index (χ1) is 10.3. The summed E-state index contributed by atoms with van der Waals surface area (Å²) >= 11 is 0. The number of hydrogen-bond donors (Lipinski definition) is 1. The van der Waals surface area contributed by atoms with Gasteiger partial charge in [0.15, 0.2) is 0 Å². The van der Waals surface area contributed by atoms with Crippen molar-refractivity contribution >= 4 is 0 Å². The molecule has 104 valence electrons. The summed E-state index contributed by atoms with van der Waals surface area (Å²) in [5.74, 6) is 2.86. The molecule has 0 unspecified atom stereocenters. The quantitative estimate of drug-likeness (QED) is 0.662. The van der Waals surface area contributed by atoms with Crippen molar-refractivity contribution in [3.63, 3.8) is 0 Å². The fourth-order valence-corrected chi connectivity index (χ4v) is 3.43. The van der Waals surface area contributed by atoms with Gasteiger partial charge in [0.2, 0.25) is 0 Å². The Labute approximate surface area is 126 Å². The largest absolute Gasteiger partial charge is 0.392 e. The predicted molar refractivity (Wildman–Crippen MR) is 87.0 cm³/mol. The molecule has 0 saturated carbocycles. The fourth-order valence-electron chi connectivity index (χ4n) is 3.43. The van der Waals surface area contributed by atoms with E-state index in [-0.39, 0.29) is 12.0 Å². The molecule has 0 radical (unpaired) electrons. The zero-order valence-electron chi connectivity index (χ0n) is 11.9. The van der Waals surface area contributed by atoms with Crippen LogP contribution in [0.4, 0.5) is 0 Å². The zero-order valence-corrected chi connectivity index (χ0v) is 11.9. The zero-order chi connectivity index (χ0) is 14.7. The summed E-state index contributed by atoms with van der Waals surface area (Å²) < 4.78 is 0. The van der Waals surface area contributed by atoms with Crippen molar-refractivity contribution in [2.45, 2.75) is 18.3 Å². The third-order valence-electron chi connectivity index (χ3n) is 4.32. The van der Waals surface area contributed by atoms with Gasteiger partial charge in [-0.1, -0.05) is 60.7 Å². The number of hydrogen-bond acceptors (Lipinski definition) is 1. The van der Waals surface area contributed by atoms with Crippen LogP contribution in [0.3, 0.4) is 0 Å². The lowest BCUT2D eigenvalue weighted by Crippen LogP contribution is -2.24. The Morgan fingerprint density at radius 3 is 2.05 bits per heavy atom. The van der Waals surface area contributed by atoms with Gasteiger partial charge in [-0.15, -0.1) is 12.3 Å². The SMILES string of the molecule is C#CCC1(C/C=C\CO)c2ccccc2-c2ccccc21. The number of aliphatic hydroxyl groups is 1. The molecule has 1 aliphatic rings. The van der Waals surface area contributed by atoms with Crippen LogP contribution in [0.2, 0.25) is 0 Å². The predicted octanol–water partition coefficient (Wildman–Crippen LogP) is 3.92. The maximum Gasteiger partial charge on any atom is 0.0612 e. The van der Waals surface area contributed by atoms with Crippen molar-refractivity contribution in [3.05, 3.63) is 71.8 Å². The van der Waals surface area contributed by atoms with Crippen molar-refractivity contribution in [1.29, 1.82) is 0 Å². The van der Waals surface area contributed by atoms with E-state index in [1.807, 2.05) is 6.08 Å². The van der Waals surface area contributed by atoms with E-state index in [1.165, 1.54) is 22.3 Å². The van der Waals surface area contributed by atoms with Crippen LogP contribution in [0, 0.1) is 12.3 Å². The van der Waals surface area contributed by atoms with E-state index >= 15 is 0 Å². The number of allylic oxidation sites excluding steroid dienone is 1. The molecular weight excluding hydrogens is 256 g/mol. The molecule has 0 atom stereocenters. The minimum absolute atomic E-state index is 0.0649. The van der Waals surface area contributed by atoms with E-state index in [1.54, 1.807) is 6.08 Å². The Bertz CT molecular complexity index is 673. The highest BCUT2D eigenvalue weighted by molar-refractivity contribution is 5.81. The average Bonchev–Trinajstić information content (AvgIpc) is 2.80. The normalized spacial score (nSPS) is 14.7. The van der Waals surface area contributed by atoms with Crippen LogP contribution in [0.1, 0.15) is 24.0 Å². The Kier molecular flexibility index (Phi) is 3.64. The van der Waals surface area contributed by atoms with Crippen LogP contribution in [-0.4, -0.2) is 11.7 Å². The van der Waals surface area contributed by atoms with Crippen molar-refractivity contribution < 1.29 is 5.11 Å². The molecule has 1 N–H and O–H groups in total. The third-order valence-corrected chi connectivity index (χ3v) is 4.32. The Morgan fingerprint density at radius 1 is 0.952 bits per heavy atom. The van der Waals surface area contributed by atoms with Gasteiger partial charge >= 0.3 is 0 Å². The lowest BCUT2D eigenvalue weighted by molar-refractivity contribution is 0.342. The molecule has 2 aromatic carbocycles. The first kappa shape index (κ1) is 13.7. The molecule has 1 heteroatoms.